The minimum atomic E-state index is 0.409. The van der Waals surface area contributed by atoms with E-state index in [0.717, 1.165) is 34.8 Å². The van der Waals surface area contributed by atoms with E-state index < -0.39 is 0 Å². The number of aromatic nitrogens is 1. The second-order valence-electron chi connectivity index (χ2n) is 4.26. The molecule has 88 valence electrons. The van der Waals surface area contributed by atoms with Gasteiger partial charge in [-0.3, -0.25) is 0 Å². The Hall–Kier alpha value is -1.06. The Kier molecular flexibility index (Phi) is 2.81. The molecule has 3 rings (SSSR count). The van der Waals surface area contributed by atoms with E-state index in [4.69, 9.17) is 11.6 Å². The Morgan fingerprint density at radius 1 is 1.18 bits per heavy atom. The van der Waals surface area contributed by atoms with Gasteiger partial charge < -0.3 is 5.11 Å². The molecule has 2 heterocycles. The number of hydrogen-bond donors (Lipinski definition) is 1. The zero-order valence-electron chi connectivity index (χ0n) is 9.32. The van der Waals surface area contributed by atoms with Crippen molar-refractivity contribution in [1.82, 2.24) is 0 Å². The maximum atomic E-state index is 10.2. The summed E-state index contributed by atoms with van der Waals surface area (Å²) in [4.78, 5) is 0.957. The molecule has 0 saturated carbocycles. The van der Waals surface area contributed by atoms with E-state index in [-0.39, 0.29) is 0 Å². The maximum Gasteiger partial charge on any atom is 0.384 e. The molecule has 4 heteroatoms. The molecule has 0 saturated heterocycles. The van der Waals surface area contributed by atoms with Crippen molar-refractivity contribution < 1.29 is 9.67 Å². The third-order valence-electron chi connectivity index (χ3n) is 3.11. The number of fused-ring (bicyclic) bond motifs is 1. The van der Waals surface area contributed by atoms with Crippen molar-refractivity contribution in [2.75, 3.05) is 0 Å². The minimum absolute atomic E-state index is 0.409. The first-order chi connectivity index (χ1) is 8.25. The van der Waals surface area contributed by atoms with Gasteiger partial charge >= 0.3 is 5.88 Å². The van der Waals surface area contributed by atoms with Crippen molar-refractivity contribution in [2.45, 2.75) is 25.8 Å². The molecule has 1 aliphatic heterocycles. The second kappa shape index (κ2) is 4.31. The molecule has 0 atom stereocenters. The summed E-state index contributed by atoms with van der Waals surface area (Å²) in [5, 5.41) is 12.2. The van der Waals surface area contributed by atoms with Crippen LogP contribution in [0, 0.1) is 0 Å². The van der Waals surface area contributed by atoms with Crippen molar-refractivity contribution in [3.05, 3.63) is 34.3 Å². The Balaban J connectivity index is 2.09. The lowest BCUT2D eigenvalue weighted by atomic mass is 10.2. The van der Waals surface area contributed by atoms with Crippen molar-refractivity contribution >= 4 is 22.9 Å². The van der Waals surface area contributed by atoms with Gasteiger partial charge in [0.25, 0.3) is 0 Å². The third kappa shape index (κ3) is 1.94. The molecule has 0 bridgehead atoms. The average Bonchev–Trinajstić information content (AvgIpc) is 2.69. The molecule has 1 aromatic heterocycles. The summed E-state index contributed by atoms with van der Waals surface area (Å²) in [5.74, 6) is 0.409. The van der Waals surface area contributed by atoms with Crippen LogP contribution in [-0.2, 0) is 13.0 Å². The van der Waals surface area contributed by atoms with Crippen LogP contribution in [0.3, 0.4) is 0 Å². The summed E-state index contributed by atoms with van der Waals surface area (Å²) in [5.41, 5.74) is 1.04. The molecular formula is C13H13ClNOS+. The SMILES string of the molecule is Oc1c(-c2ccc(Cl)cc2)sc2[n+]1CCCC2. The van der Waals surface area contributed by atoms with Crippen molar-refractivity contribution in [3.8, 4) is 16.3 Å². The number of aryl methyl sites for hydroxylation is 1. The first kappa shape index (κ1) is 11.1. The highest BCUT2D eigenvalue weighted by Gasteiger charge is 2.28. The lowest BCUT2D eigenvalue weighted by molar-refractivity contribution is -0.709. The van der Waals surface area contributed by atoms with Crippen LogP contribution in [-0.4, -0.2) is 5.11 Å². The summed E-state index contributed by atoms with van der Waals surface area (Å²) in [7, 11) is 0. The molecule has 1 aliphatic rings. The largest absolute Gasteiger partial charge is 0.459 e. The number of aromatic hydroxyl groups is 1. The second-order valence-corrected chi connectivity index (χ2v) is 5.78. The summed E-state index contributed by atoms with van der Waals surface area (Å²) in [6, 6.07) is 7.64. The number of hydrogen-bond acceptors (Lipinski definition) is 2. The van der Waals surface area contributed by atoms with E-state index in [1.807, 2.05) is 28.8 Å². The van der Waals surface area contributed by atoms with Crippen LogP contribution in [0.2, 0.25) is 5.02 Å². The summed E-state index contributed by atoms with van der Waals surface area (Å²) < 4.78 is 2.04. The van der Waals surface area contributed by atoms with Crippen LogP contribution in [0.1, 0.15) is 17.8 Å². The lowest BCUT2D eigenvalue weighted by Gasteiger charge is -2.03. The highest BCUT2D eigenvalue weighted by atomic mass is 35.5. The van der Waals surface area contributed by atoms with Crippen molar-refractivity contribution in [2.24, 2.45) is 0 Å². The highest BCUT2D eigenvalue weighted by molar-refractivity contribution is 7.15. The van der Waals surface area contributed by atoms with Crippen LogP contribution in [0.15, 0.2) is 24.3 Å². The first-order valence-electron chi connectivity index (χ1n) is 5.76. The average molecular weight is 267 g/mol. The van der Waals surface area contributed by atoms with E-state index in [2.05, 4.69) is 0 Å². The summed E-state index contributed by atoms with van der Waals surface area (Å²) in [6.07, 6.45) is 3.45. The molecule has 0 unspecified atom stereocenters. The lowest BCUT2D eigenvalue weighted by Crippen LogP contribution is -2.38. The van der Waals surface area contributed by atoms with Gasteiger partial charge in [0, 0.05) is 23.4 Å². The van der Waals surface area contributed by atoms with Crippen LogP contribution in [0.5, 0.6) is 5.88 Å². The fraction of sp³-hybridized carbons (Fsp3) is 0.308. The quantitative estimate of drug-likeness (QED) is 0.786. The Morgan fingerprint density at radius 3 is 2.65 bits per heavy atom. The van der Waals surface area contributed by atoms with Gasteiger partial charge in [-0.25, -0.2) is 0 Å². The van der Waals surface area contributed by atoms with Gasteiger partial charge in [0.2, 0.25) is 5.01 Å². The van der Waals surface area contributed by atoms with Gasteiger partial charge in [0.1, 0.15) is 0 Å². The number of nitrogens with zero attached hydrogens (tertiary/aromatic N) is 1. The number of benzene rings is 1. The molecule has 17 heavy (non-hydrogen) atoms. The monoisotopic (exact) mass is 266 g/mol. The van der Waals surface area contributed by atoms with E-state index in [0.29, 0.717) is 5.88 Å². The van der Waals surface area contributed by atoms with Gasteiger partial charge in [0.05, 0.1) is 0 Å². The van der Waals surface area contributed by atoms with Crippen LogP contribution in [0.25, 0.3) is 10.4 Å². The fourth-order valence-electron chi connectivity index (χ4n) is 2.21. The molecule has 2 nitrogen and oxygen atoms in total. The normalized spacial score (nSPS) is 14.6. The molecule has 0 fully saturated rings. The topological polar surface area (TPSA) is 24.1 Å². The molecule has 0 radical (unpaired) electrons. The Bertz CT molecular complexity index is 547. The first-order valence-corrected chi connectivity index (χ1v) is 6.95. The van der Waals surface area contributed by atoms with Crippen LogP contribution in [0.4, 0.5) is 0 Å². The van der Waals surface area contributed by atoms with E-state index in [1.54, 1.807) is 11.3 Å². The molecule has 0 amide bonds. The van der Waals surface area contributed by atoms with Crippen molar-refractivity contribution in [3.63, 3.8) is 0 Å². The van der Waals surface area contributed by atoms with E-state index in [9.17, 15) is 5.11 Å². The highest BCUT2D eigenvalue weighted by Crippen LogP contribution is 2.35. The van der Waals surface area contributed by atoms with Crippen molar-refractivity contribution in [1.29, 1.82) is 0 Å². The predicted molar refractivity (Wildman–Crippen MR) is 69.6 cm³/mol. The van der Waals surface area contributed by atoms with E-state index in [1.165, 1.54) is 11.4 Å². The van der Waals surface area contributed by atoms with E-state index >= 15 is 0 Å². The Labute approximate surface area is 109 Å². The van der Waals surface area contributed by atoms with Gasteiger partial charge in [0.15, 0.2) is 11.4 Å². The number of thiazole rings is 1. The molecule has 0 aliphatic carbocycles. The standard InChI is InChI=1S/C13H12ClNOS/c14-10-6-4-9(5-7-10)12-13(16)15-8-2-1-3-11(15)17-12/h4-7H,1-3,8H2/p+1. The molecule has 1 aromatic carbocycles. The van der Waals surface area contributed by atoms with Gasteiger partial charge in [-0.2, -0.15) is 4.57 Å². The smallest absolute Gasteiger partial charge is 0.384 e. The third-order valence-corrected chi connectivity index (χ3v) is 4.64. The predicted octanol–water partition coefficient (Wildman–Crippen LogP) is 3.40. The number of halogens is 1. The zero-order chi connectivity index (χ0) is 11.8. The number of rotatable bonds is 1. The molecular weight excluding hydrogens is 254 g/mol. The molecule has 2 aromatic rings. The van der Waals surface area contributed by atoms with Crippen LogP contribution >= 0.6 is 22.9 Å². The molecule has 0 spiro atoms. The van der Waals surface area contributed by atoms with Gasteiger partial charge in [-0.15, -0.1) is 0 Å². The molecule has 1 N–H and O–H groups in total. The van der Waals surface area contributed by atoms with Gasteiger partial charge in [-0.1, -0.05) is 35.1 Å². The summed E-state index contributed by atoms with van der Waals surface area (Å²) >= 11 is 7.57. The minimum Gasteiger partial charge on any atom is -0.459 e. The van der Waals surface area contributed by atoms with Crippen LogP contribution < -0.4 is 4.57 Å². The maximum absolute atomic E-state index is 10.2. The summed E-state index contributed by atoms with van der Waals surface area (Å²) in [6.45, 7) is 0.936. The fourth-order valence-corrected chi connectivity index (χ4v) is 3.56. The zero-order valence-corrected chi connectivity index (χ0v) is 10.9. The Morgan fingerprint density at radius 2 is 1.94 bits per heavy atom. The van der Waals surface area contributed by atoms with Gasteiger partial charge in [-0.05, 0) is 18.6 Å².